The molecule has 1 aromatic rings. The third-order valence-electron chi connectivity index (χ3n) is 3.04. The molecule has 0 amide bonds. The van der Waals surface area contributed by atoms with E-state index >= 15 is 0 Å². The van der Waals surface area contributed by atoms with Gasteiger partial charge in [-0.05, 0) is 42.2 Å². The molecule has 1 fully saturated rings. The van der Waals surface area contributed by atoms with Gasteiger partial charge in [-0.2, -0.15) is 0 Å². The summed E-state index contributed by atoms with van der Waals surface area (Å²) in [4.78, 5) is 0. The van der Waals surface area contributed by atoms with Crippen LogP contribution in [0.15, 0.2) is 16.9 Å². The summed E-state index contributed by atoms with van der Waals surface area (Å²) in [5, 5.41) is 0. The Morgan fingerprint density at radius 2 is 1.70 bits per heavy atom. The van der Waals surface area contributed by atoms with Gasteiger partial charge in [0.1, 0.15) is 0 Å². The molecule has 2 atom stereocenters. The highest BCUT2D eigenvalue weighted by Crippen LogP contribution is 2.53. The van der Waals surface area contributed by atoms with Crippen molar-refractivity contribution in [2.45, 2.75) is 31.1 Å². The van der Waals surface area contributed by atoms with Crippen LogP contribution in [-0.4, -0.2) is 0 Å². The number of furan rings is 1. The highest BCUT2D eigenvalue weighted by Gasteiger charge is 2.37. The first kappa shape index (κ1) is 5.00. The smallest absolute Gasteiger partial charge is 0.0940 e. The van der Waals surface area contributed by atoms with Crippen LogP contribution >= 0.6 is 0 Å². The van der Waals surface area contributed by atoms with Crippen LogP contribution in [-0.2, 0) is 0 Å². The molecule has 2 aliphatic carbocycles. The van der Waals surface area contributed by atoms with Crippen molar-refractivity contribution in [3.8, 4) is 0 Å². The fourth-order valence-corrected chi connectivity index (χ4v) is 2.53. The predicted molar refractivity (Wildman–Crippen MR) is 38.0 cm³/mol. The molecular formula is C9H10O. The van der Waals surface area contributed by atoms with E-state index in [0.29, 0.717) is 0 Å². The van der Waals surface area contributed by atoms with Gasteiger partial charge in [-0.25, -0.2) is 0 Å². The zero-order valence-electron chi connectivity index (χ0n) is 5.84. The Labute approximate surface area is 60.0 Å². The zero-order chi connectivity index (χ0) is 6.55. The van der Waals surface area contributed by atoms with E-state index in [2.05, 4.69) is 0 Å². The third kappa shape index (κ3) is 0.416. The fourth-order valence-electron chi connectivity index (χ4n) is 2.53. The molecule has 52 valence electrons. The molecule has 2 aliphatic rings. The highest BCUT2D eigenvalue weighted by atomic mass is 16.3. The lowest BCUT2D eigenvalue weighted by molar-refractivity contribution is 0.549. The molecule has 0 N–H and O–H groups in total. The van der Waals surface area contributed by atoms with Crippen molar-refractivity contribution in [2.75, 3.05) is 0 Å². The van der Waals surface area contributed by atoms with Crippen LogP contribution in [0, 0.1) is 0 Å². The summed E-state index contributed by atoms with van der Waals surface area (Å²) >= 11 is 0. The summed E-state index contributed by atoms with van der Waals surface area (Å²) in [5.41, 5.74) is 3.02. The van der Waals surface area contributed by atoms with Crippen LogP contribution in [0.25, 0.3) is 0 Å². The molecule has 3 rings (SSSR count). The van der Waals surface area contributed by atoms with Crippen molar-refractivity contribution in [3.63, 3.8) is 0 Å². The minimum atomic E-state index is 0.860. The Morgan fingerprint density at radius 1 is 1.10 bits per heavy atom. The molecule has 1 aromatic heterocycles. The molecule has 0 saturated heterocycles. The second-order valence-electron chi connectivity index (χ2n) is 3.49. The van der Waals surface area contributed by atoms with Crippen LogP contribution in [0.3, 0.4) is 0 Å². The van der Waals surface area contributed by atoms with E-state index in [4.69, 9.17) is 4.42 Å². The van der Waals surface area contributed by atoms with Crippen molar-refractivity contribution in [1.82, 2.24) is 0 Å². The highest BCUT2D eigenvalue weighted by molar-refractivity contribution is 5.37. The van der Waals surface area contributed by atoms with Gasteiger partial charge in [0.05, 0.1) is 12.5 Å². The van der Waals surface area contributed by atoms with Gasteiger partial charge >= 0.3 is 0 Å². The summed E-state index contributed by atoms with van der Waals surface area (Å²) in [6, 6.07) is 0. The lowest BCUT2D eigenvalue weighted by Gasteiger charge is -2.06. The third-order valence-corrected chi connectivity index (χ3v) is 3.04. The van der Waals surface area contributed by atoms with Crippen LogP contribution in [0.5, 0.6) is 0 Å². The molecule has 0 spiro atoms. The summed E-state index contributed by atoms with van der Waals surface area (Å²) in [6.07, 6.45) is 8.09. The topological polar surface area (TPSA) is 13.1 Å². The average molecular weight is 134 g/mol. The average Bonchev–Trinajstić information content (AvgIpc) is 2.60. The monoisotopic (exact) mass is 134 g/mol. The van der Waals surface area contributed by atoms with Gasteiger partial charge in [-0.1, -0.05) is 0 Å². The van der Waals surface area contributed by atoms with E-state index < -0.39 is 0 Å². The maximum absolute atomic E-state index is 5.17. The Balaban J connectivity index is 2.25. The van der Waals surface area contributed by atoms with Crippen LogP contribution in [0.4, 0.5) is 0 Å². The first-order valence-electron chi connectivity index (χ1n) is 4.01. The number of hydrogen-bond acceptors (Lipinski definition) is 1. The molecule has 1 nitrogen and oxygen atoms in total. The summed E-state index contributed by atoms with van der Waals surface area (Å²) < 4.78 is 5.17. The van der Waals surface area contributed by atoms with Gasteiger partial charge in [-0.3, -0.25) is 0 Å². The summed E-state index contributed by atoms with van der Waals surface area (Å²) in [7, 11) is 0. The van der Waals surface area contributed by atoms with Crippen molar-refractivity contribution in [1.29, 1.82) is 0 Å². The van der Waals surface area contributed by atoms with Gasteiger partial charge < -0.3 is 4.42 Å². The number of rotatable bonds is 0. The van der Waals surface area contributed by atoms with E-state index in [0.717, 1.165) is 11.8 Å². The summed E-state index contributed by atoms with van der Waals surface area (Å²) in [5.74, 6) is 1.72. The maximum atomic E-state index is 5.17. The quantitative estimate of drug-likeness (QED) is 0.531. The lowest BCUT2D eigenvalue weighted by Crippen LogP contribution is -1.92. The molecule has 0 aliphatic heterocycles. The molecular weight excluding hydrogens is 124 g/mol. The maximum Gasteiger partial charge on any atom is 0.0940 e. The Morgan fingerprint density at radius 3 is 2.30 bits per heavy atom. The lowest BCUT2D eigenvalue weighted by atomic mass is 9.96. The Hall–Kier alpha value is -0.720. The van der Waals surface area contributed by atoms with Gasteiger partial charge in [-0.15, -0.1) is 0 Å². The molecule has 1 heteroatoms. The van der Waals surface area contributed by atoms with Crippen molar-refractivity contribution in [3.05, 3.63) is 23.7 Å². The predicted octanol–water partition coefficient (Wildman–Crippen LogP) is 2.64. The van der Waals surface area contributed by atoms with Crippen LogP contribution in [0.1, 0.15) is 42.2 Å². The van der Waals surface area contributed by atoms with Crippen molar-refractivity contribution < 1.29 is 4.42 Å². The van der Waals surface area contributed by atoms with E-state index in [9.17, 15) is 0 Å². The van der Waals surface area contributed by atoms with Crippen LogP contribution < -0.4 is 0 Å². The fraction of sp³-hybridized carbons (Fsp3) is 0.556. The molecule has 10 heavy (non-hydrogen) atoms. The first-order chi connectivity index (χ1) is 4.95. The van der Waals surface area contributed by atoms with Gasteiger partial charge in [0.15, 0.2) is 0 Å². The standard InChI is InChI=1S/C9H10O/c1-2-7-3-6(1)8-4-10-5-9(7)8/h4-7H,1-3H2. The Kier molecular flexibility index (Phi) is 0.735. The number of fused-ring (bicyclic) bond motifs is 5. The van der Waals surface area contributed by atoms with E-state index in [1.54, 1.807) is 0 Å². The van der Waals surface area contributed by atoms with Crippen molar-refractivity contribution in [2.24, 2.45) is 0 Å². The Bertz CT molecular complexity index is 237. The van der Waals surface area contributed by atoms with Crippen LogP contribution in [0.2, 0.25) is 0 Å². The van der Waals surface area contributed by atoms with E-state index in [-0.39, 0.29) is 0 Å². The van der Waals surface area contributed by atoms with Gasteiger partial charge in [0.2, 0.25) is 0 Å². The van der Waals surface area contributed by atoms with Crippen molar-refractivity contribution >= 4 is 0 Å². The summed E-state index contributed by atoms with van der Waals surface area (Å²) in [6.45, 7) is 0. The van der Waals surface area contributed by atoms with Gasteiger partial charge in [0, 0.05) is 0 Å². The minimum Gasteiger partial charge on any atom is -0.472 e. The molecule has 2 unspecified atom stereocenters. The molecule has 0 radical (unpaired) electrons. The largest absolute Gasteiger partial charge is 0.472 e. The second kappa shape index (κ2) is 1.47. The molecule has 2 bridgehead atoms. The SMILES string of the molecule is c1occ2c1C1CCC2C1. The van der Waals surface area contributed by atoms with E-state index in [1.165, 1.54) is 30.4 Å². The van der Waals surface area contributed by atoms with E-state index in [1.807, 2.05) is 12.5 Å². The molecule has 0 aromatic carbocycles. The molecule has 1 heterocycles. The molecule has 1 saturated carbocycles. The zero-order valence-corrected chi connectivity index (χ0v) is 5.84. The normalized spacial score (nSPS) is 34.8. The minimum absolute atomic E-state index is 0.860. The first-order valence-corrected chi connectivity index (χ1v) is 4.01. The number of hydrogen-bond donors (Lipinski definition) is 0. The van der Waals surface area contributed by atoms with Gasteiger partial charge in [0.25, 0.3) is 0 Å². The second-order valence-corrected chi connectivity index (χ2v) is 3.49.